The molecular formula is C19H13FN4O3S. The predicted octanol–water partition coefficient (Wildman–Crippen LogP) is 3.88. The highest BCUT2D eigenvalue weighted by atomic mass is 32.1. The molecule has 4 N–H and O–H groups in total. The average Bonchev–Trinajstić information content (AvgIpc) is 3.41. The summed E-state index contributed by atoms with van der Waals surface area (Å²) in [7, 11) is 0. The van der Waals surface area contributed by atoms with Crippen molar-refractivity contribution in [1.29, 1.82) is 0 Å². The fourth-order valence-corrected chi connectivity index (χ4v) is 3.22. The van der Waals surface area contributed by atoms with Crippen LogP contribution in [0.4, 0.5) is 10.1 Å². The molecule has 0 aliphatic carbocycles. The zero-order valence-corrected chi connectivity index (χ0v) is 15.0. The quantitative estimate of drug-likeness (QED) is 0.475. The van der Waals surface area contributed by atoms with Gasteiger partial charge in [-0.05, 0) is 41.8 Å². The summed E-state index contributed by atoms with van der Waals surface area (Å²) in [4.78, 5) is 24.4. The van der Waals surface area contributed by atoms with E-state index in [1.165, 1.54) is 24.3 Å². The van der Waals surface area contributed by atoms with Crippen molar-refractivity contribution in [3.8, 4) is 0 Å². The van der Waals surface area contributed by atoms with Gasteiger partial charge in [0.15, 0.2) is 11.5 Å². The third-order valence-corrected chi connectivity index (χ3v) is 4.79. The van der Waals surface area contributed by atoms with E-state index in [4.69, 9.17) is 10.2 Å². The summed E-state index contributed by atoms with van der Waals surface area (Å²) < 4.78 is 19.4. The number of rotatable bonds is 5. The molecule has 0 spiro atoms. The van der Waals surface area contributed by atoms with E-state index in [-0.39, 0.29) is 17.2 Å². The summed E-state index contributed by atoms with van der Waals surface area (Å²) in [6.45, 7) is 0. The second kappa shape index (κ2) is 7.12. The third kappa shape index (κ3) is 3.42. The number of benzene rings is 1. The molecule has 4 aromatic rings. The zero-order chi connectivity index (χ0) is 19.7. The maximum absolute atomic E-state index is 14.4. The molecule has 0 fully saturated rings. The van der Waals surface area contributed by atoms with Crippen LogP contribution in [0.5, 0.6) is 0 Å². The first kappa shape index (κ1) is 17.7. The van der Waals surface area contributed by atoms with Gasteiger partial charge in [0.05, 0.1) is 16.9 Å². The van der Waals surface area contributed by atoms with Gasteiger partial charge in [-0.2, -0.15) is 5.10 Å². The van der Waals surface area contributed by atoms with Crippen LogP contribution in [-0.2, 0) is 0 Å². The second-order valence-electron chi connectivity index (χ2n) is 5.82. The molecule has 0 aliphatic heterocycles. The maximum Gasteiger partial charge on any atom is 0.291 e. The van der Waals surface area contributed by atoms with Crippen LogP contribution in [0.3, 0.4) is 0 Å². The molecular weight excluding hydrogens is 383 g/mol. The highest BCUT2D eigenvalue weighted by molar-refractivity contribution is 7.10. The molecule has 0 saturated heterocycles. The second-order valence-corrected chi connectivity index (χ2v) is 6.80. The number of anilines is 1. The molecule has 28 heavy (non-hydrogen) atoms. The van der Waals surface area contributed by atoms with Gasteiger partial charge in [0, 0.05) is 16.3 Å². The van der Waals surface area contributed by atoms with Crippen molar-refractivity contribution < 1.29 is 18.4 Å². The Morgan fingerprint density at radius 1 is 1.21 bits per heavy atom. The number of furan rings is 1. The fourth-order valence-electron chi connectivity index (χ4n) is 2.60. The van der Waals surface area contributed by atoms with Crippen molar-refractivity contribution >= 4 is 51.9 Å². The van der Waals surface area contributed by atoms with Crippen LogP contribution < -0.4 is 11.1 Å². The van der Waals surface area contributed by atoms with E-state index in [0.29, 0.717) is 16.6 Å². The van der Waals surface area contributed by atoms with Gasteiger partial charge in [-0.1, -0.05) is 6.07 Å². The molecule has 3 aromatic heterocycles. The van der Waals surface area contributed by atoms with Gasteiger partial charge in [0.25, 0.3) is 11.8 Å². The summed E-state index contributed by atoms with van der Waals surface area (Å²) in [5.41, 5.74) is 6.15. The molecule has 0 atom stereocenters. The number of thiophene rings is 1. The zero-order valence-electron chi connectivity index (χ0n) is 14.2. The van der Waals surface area contributed by atoms with Crippen molar-refractivity contribution in [2.24, 2.45) is 5.73 Å². The van der Waals surface area contributed by atoms with Crippen LogP contribution in [0.25, 0.3) is 23.1 Å². The van der Waals surface area contributed by atoms with Crippen LogP contribution in [0.15, 0.2) is 46.2 Å². The standard InChI is InChI=1S/C19H13FN4O3S/c20-12-9-14-11(13(23-24-14)4-3-10-2-1-7-28-10)8-15(12)22-19(26)17-6-5-16(27-17)18(21)25/h1-9H,(H2,21,25)(H,22,26)(H,23,24). The Morgan fingerprint density at radius 3 is 2.75 bits per heavy atom. The molecule has 0 bridgehead atoms. The van der Waals surface area contributed by atoms with E-state index in [1.54, 1.807) is 17.4 Å². The minimum absolute atomic E-state index is 0.0401. The number of primary amides is 1. The smallest absolute Gasteiger partial charge is 0.291 e. The van der Waals surface area contributed by atoms with Crippen molar-refractivity contribution in [2.75, 3.05) is 5.32 Å². The number of halogens is 1. The fraction of sp³-hybridized carbons (Fsp3) is 0. The van der Waals surface area contributed by atoms with Gasteiger partial charge in [-0.3, -0.25) is 14.7 Å². The summed E-state index contributed by atoms with van der Waals surface area (Å²) >= 11 is 1.58. The lowest BCUT2D eigenvalue weighted by Crippen LogP contribution is -2.13. The molecule has 4 rings (SSSR count). The Kier molecular flexibility index (Phi) is 4.50. The molecule has 1 aromatic carbocycles. The van der Waals surface area contributed by atoms with Crippen LogP contribution in [-0.4, -0.2) is 22.0 Å². The minimum atomic E-state index is -0.799. The number of aromatic amines is 1. The first-order chi connectivity index (χ1) is 13.5. The SMILES string of the molecule is NC(=O)c1ccc(C(=O)Nc2cc3c(C=Cc4cccs4)n[nH]c3cc2F)o1. The average molecular weight is 396 g/mol. The van der Waals surface area contributed by atoms with Gasteiger partial charge in [-0.25, -0.2) is 4.39 Å². The lowest BCUT2D eigenvalue weighted by molar-refractivity contribution is 0.0959. The normalized spacial score (nSPS) is 11.3. The Hall–Kier alpha value is -3.72. The maximum atomic E-state index is 14.4. The number of carbonyl (C=O) groups excluding carboxylic acids is 2. The number of aromatic nitrogens is 2. The van der Waals surface area contributed by atoms with Gasteiger partial charge < -0.3 is 15.5 Å². The molecule has 0 aliphatic rings. The number of nitrogens with one attached hydrogen (secondary N) is 2. The Bertz CT molecular complexity index is 1210. The highest BCUT2D eigenvalue weighted by Crippen LogP contribution is 2.26. The molecule has 0 saturated carbocycles. The van der Waals surface area contributed by atoms with E-state index in [2.05, 4.69) is 15.5 Å². The highest BCUT2D eigenvalue weighted by Gasteiger charge is 2.17. The van der Waals surface area contributed by atoms with Crippen molar-refractivity contribution in [1.82, 2.24) is 10.2 Å². The van der Waals surface area contributed by atoms with E-state index in [1.807, 2.05) is 23.6 Å². The topological polar surface area (TPSA) is 114 Å². The molecule has 140 valence electrons. The number of hydrogen-bond acceptors (Lipinski definition) is 5. The number of nitrogens with two attached hydrogens (primary N) is 1. The van der Waals surface area contributed by atoms with Crippen LogP contribution in [0, 0.1) is 5.82 Å². The van der Waals surface area contributed by atoms with E-state index in [0.717, 1.165) is 4.88 Å². The number of H-pyrrole nitrogens is 1. The van der Waals surface area contributed by atoms with E-state index < -0.39 is 17.6 Å². The Labute approximate surface area is 161 Å². The number of nitrogens with zero attached hydrogens (tertiary/aromatic N) is 1. The van der Waals surface area contributed by atoms with Crippen LogP contribution in [0.2, 0.25) is 0 Å². The van der Waals surface area contributed by atoms with Crippen LogP contribution in [0.1, 0.15) is 31.7 Å². The van der Waals surface area contributed by atoms with E-state index in [9.17, 15) is 14.0 Å². The van der Waals surface area contributed by atoms with Crippen molar-refractivity contribution in [3.05, 3.63) is 69.7 Å². The number of hydrogen-bond donors (Lipinski definition) is 3. The van der Waals surface area contributed by atoms with Gasteiger partial charge in [-0.15, -0.1) is 11.3 Å². The third-order valence-electron chi connectivity index (χ3n) is 3.95. The number of carbonyl (C=O) groups is 2. The van der Waals surface area contributed by atoms with Crippen molar-refractivity contribution in [2.45, 2.75) is 0 Å². The number of fused-ring (bicyclic) bond motifs is 1. The lowest BCUT2D eigenvalue weighted by atomic mass is 10.1. The monoisotopic (exact) mass is 396 g/mol. The van der Waals surface area contributed by atoms with Gasteiger partial charge in [0.1, 0.15) is 5.82 Å². The summed E-state index contributed by atoms with van der Waals surface area (Å²) in [5.74, 6) is -2.45. The number of amides is 2. The first-order valence-electron chi connectivity index (χ1n) is 8.11. The summed E-state index contributed by atoms with van der Waals surface area (Å²) in [6, 6.07) is 9.20. The molecule has 9 heteroatoms. The Morgan fingerprint density at radius 2 is 2.04 bits per heavy atom. The first-order valence-corrected chi connectivity index (χ1v) is 8.99. The molecule has 3 heterocycles. The summed E-state index contributed by atoms with van der Waals surface area (Å²) in [6.07, 6.45) is 3.70. The van der Waals surface area contributed by atoms with E-state index >= 15 is 0 Å². The molecule has 0 radical (unpaired) electrons. The van der Waals surface area contributed by atoms with Gasteiger partial charge in [0.2, 0.25) is 0 Å². The largest absolute Gasteiger partial charge is 0.446 e. The molecule has 7 nitrogen and oxygen atoms in total. The minimum Gasteiger partial charge on any atom is -0.446 e. The molecule has 2 amide bonds. The van der Waals surface area contributed by atoms with Crippen molar-refractivity contribution in [3.63, 3.8) is 0 Å². The molecule has 0 unspecified atom stereocenters. The van der Waals surface area contributed by atoms with Crippen LogP contribution >= 0.6 is 11.3 Å². The lowest BCUT2D eigenvalue weighted by Gasteiger charge is -2.05. The van der Waals surface area contributed by atoms with Gasteiger partial charge >= 0.3 is 0 Å². The predicted molar refractivity (Wildman–Crippen MR) is 104 cm³/mol. The summed E-state index contributed by atoms with van der Waals surface area (Å²) in [5, 5.41) is 12.0. The Balaban J connectivity index is 1.63.